The lowest BCUT2D eigenvalue weighted by Crippen LogP contribution is -2.36. The van der Waals surface area contributed by atoms with Crippen molar-refractivity contribution in [2.45, 2.75) is 39.0 Å². The van der Waals surface area contributed by atoms with Gasteiger partial charge in [0.15, 0.2) is 0 Å². The number of benzene rings is 1. The topological polar surface area (TPSA) is 45.7 Å². The van der Waals surface area contributed by atoms with Crippen LogP contribution in [0.5, 0.6) is 0 Å². The molecule has 3 rings (SSSR count). The van der Waals surface area contributed by atoms with Crippen LogP contribution >= 0.6 is 12.4 Å². The largest absolute Gasteiger partial charge is 0.459 e. The summed E-state index contributed by atoms with van der Waals surface area (Å²) in [5.74, 6) is 0.388. The Balaban J connectivity index is 0.00000261. The van der Waals surface area contributed by atoms with Crippen LogP contribution in [0.15, 0.2) is 48.7 Å². The van der Waals surface area contributed by atoms with E-state index in [1.165, 1.54) is 5.56 Å². The Bertz CT molecular complexity index is 739. The first-order valence-electron chi connectivity index (χ1n) is 9.19. The van der Waals surface area contributed by atoms with Gasteiger partial charge >= 0.3 is 5.97 Å². The van der Waals surface area contributed by atoms with E-state index in [1.54, 1.807) is 18.3 Å². The molecule has 1 saturated heterocycles. The molecule has 6 heteroatoms. The van der Waals surface area contributed by atoms with Gasteiger partial charge in [-0.2, -0.15) is 0 Å². The summed E-state index contributed by atoms with van der Waals surface area (Å²) in [5.41, 5.74) is 1.86. The number of carbonyl (C=O) groups is 1. The van der Waals surface area contributed by atoms with Gasteiger partial charge in [-0.3, -0.25) is 4.90 Å². The van der Waals surface area contributed by atoms with Crippen molar-refractivity contribution in [3.63, 3.8) is 0 Å². The molecule has 0 aliphatic carbocycles. The molecule has 0 unspecified atom stereocenters. The highest BCUT2D eigenvalue weighted by atomic mass is 35.5. The molecule has 0 spiro atoms. The van der Waals surface area contributed by atoms with E-state index in [1.807, 2.05) is 27.0 Å². The van der Waals surface area contributed by atoms with Crippen molar-refractivity contribution in [3.8, 4) is 0 Å². The van der Waals surface area contributed by atoms with Crippen LogP contribution < -0.4 is 4.90 Å². The molecule has 2 heterocycles. The summed E-state index contributed by atoms with van der Waals surface area (Å²) in [6.45, 7) is 6.67. The third kappa shape index (κ3) is 5.44. The van der Waals surface area contributed by atoms with E-state index in [0.717, 1.165) is 26.1 Å². The number of likely N-dealkylation sites (N-methyl/N-ethyl adjacent to an activating group) is 1. The van der Waals surface area contributed by atoms with E-state index in [-0.39, 0.29) is 24.5 Å². The van der Waals surface area contributed by atoms with Gasteiger partial charge in [0.2, 0.25) is 0 Å². The molecule has 5 nitrogen and oxygen atoms in total. The zero-order valence-corrected chi connectivity index (χ0v) is 17.0. The number of aromatic nitrogens is 1. The van der Waals surface area contributed by atoms with Crippen LogP contribution in [0.2, 0.25) is 0 Å². The van der Waals surface area contributed by atoms with Crippen molar-refractivity contribution in [1.29, 1.82) is 0 Å². The average Bonchev–Trinajstić information content (AvgIpc) is 3.10. The summed E-state index contributed by atoms with van der Waals surface area (Å²) in [4.78, 5) is 21.4. The Morgan fingerprint density at radius 1 is 1.26 bits per heavy atom. The van der Waals surface area contributed by atoms with Crippen molar-refractivity contribution < 1.29 is 9.53 Å². The van der Waals surface area contributed by atoms with Gasteiger partial charge in [-0.25, -0.2) is 9.78 Å². The lowest BCUT2D eigenvalue weighted by Gasteiger charge is -2.27. The van der Waals surface area contributed by atoms with Crippen molar-refractivity contribution in [2.24, 2.45) is 0 Å². The molecule has 1 aromatic carbocycles. The van der Waals surface area contributed by atoms with Gasteiger partial charge in [-0.05, 0) is 38.0 Å². The molecule has 1 fully saturated rings. The van der Waals surface area contributed by atoms with E-state index in [4.69, 9.17) is 4.74 Å². The SMILES string of the molecule is CC(C)OC(=O)c1cccnc1N(C)[C@@H]1CCN(Cc2ccccc2)C1.Cl. The fourth-order valence-electron chi connectivity index (χ4n) is 3.40. The van der Waals surface area contributed by atoms with Crippen LogP contribution in [0, 0.1) is 0 Å². The van der Waals surface area contributed by atoms with E-state index in [9.17, 15) is 4.79 Å². The molecule has 0 bridgehead atoms. The average molecular weight is 390 g/mol. The zero-order chi connectivity index (χ0) is 18.5. The second-order valence-electron chi connectivity index (χ2n) is 7.10. The number of pyridine rings is 1. The molecule has 0 radical (unpaired) electrons. The maximum Gasteiger partial charge on any atom is 0.342 e. The van der Waals surface area contributed by atoms with E-state index in [0.29, 0.717) is 17.4 Å². The van der Waals surface area contributed by atoms with Gasteiger partial charge in [0, 0.05) is 38.9 Å². The Morgan fingerprint density at radius 3 is 2.70 bits per heavy atom. The summed E-state index contributed by atoms with van der Waals surface area (Å²) in [6, 6.07) is 14.4. The summed E-state index contributed by atoms with van der Waals surface area (Å²) >= 11 is 0. The number of carbonyl (C=O) groups excluding carboxylic acids is 1. The van der Waals surface area contributed by atoms with Crippen LogP contribution in [0.4, 0.5) is 5.82 Å². The van der Waals surface area contributed by atoms with Crippen LogP contribution in [0.1, 0.15) is 36.2 Å². The smallest absolute Gasteiger partial charge is 0.342 e. The first kappa shape index (κ1) is 21.2. The van der Waals surface area contributed by atoms with Crippen molar-refractivity contribution >= 4 is 24.2 Å². The second kappa shape index (κ2) is 9.72. The van der Waals surface area contributed by atoms with Crippen LogP contribution in [-0.4, -0.2) is 48.1 Å². The molecule has 1 aliphatic heterocycles. The van der Waals surface area contributed by atoms with Crippen LogP contribution in [0.25, 0.3) is 0 Å². The maximum absolute atomic E-state index is 12.4. The lowest BCUT2D eigenvalue weighted by molar-refractivity contribution is 0.0378. The first-order valence-corrected chi connectivity index (χ1v) is 9.19. The van der Waals surface area contributed by atoms with E-state index >= 15 is 0 Å². The van der Waals surface area contributed by atoms with Gasteiger partial charge in [0.1, 0.15) is 11.4 Å². The molecule has 1 aliphatic rings. The third-order valence-corrected chi connectivity index (χ3v) is 4.73. The molecule has 1 atom stereocenters. The molecule has 27 heavy (non-hydrogen) atoms. The molecule has 2 aromatic rings. The van der Waals surface area contributed by atoms with E-state index < -0.39 is 0 Å². The Hall–Kier alpha value is -2.11. The number of rotatable bonds is 6. The van der Waals surface area contributed by atoms with Gasteiger partial charge in [-0.15, -0.1) is 12.4 Å². The minimum Gasteiger partial charge on any atom is -0.459 e. The Kier molecular flexibility index (Phi) is 7.63. The predicted molar refractivity (Wildman–Crippen MR) is 111 cm³/mol. The van der Waals surface area contributed by atoms with Crippen molar-refractivity contribution in [3.05, 3.63) is 59.8 Å². The van der Waals surface area contributed by atoms with Gasteiger partial charge in [0.05, 0.1) is 6.10 Å². The monoisotopic (exact) mass is 389 g/mol. The Morgan fingerprint density at radius 2 is 2.00 bits per heavy atom. The predicted octanol–water partition coefficient (Wildman–Crippen LogP) is 3.78. The number of hydrogen-bond donors (Lipinski definition) is 0. The number of esters is 1. The summed E-state index contributed by atoms with van der Waals surface area (Å²) < 4.78 is 5.37. The normalized spacial score (nSPS) is 16.8. The highest BCUT2D eigenvalue weighted by Crippen LogP contribution is 2.24. The van der Waals surface area contributed by atoms with Gasteiger partial charge in [0.25, 0.3) is 0 Å². The lowest BCUT2D eigenvalue weighted by atomic mass is 10.2. The van der Waals surface area contributed by atoms with E-state index in [2.05, 4.69) is 39.0 Å². The standard InChI is InChI=1S/C21H27N3O2.ClH/c1-16(2)26-21(25)19-10-7-12-22-20(19)23(3)18-11-13-24(15-18)14-17-8-5-4-6-9-17;/h4-10,12,16,18H,11,13-15H2,1-3H3;1H/t18-;/m1./s1. The maximum atomic E-state index is 12.4. The highest BCUT2D eigenvalue weighted by Gasteiger charge is 2.29. The Labute approximate surface area is 167 Å². The first-order chi connectivity index (χ1) is 12.5. The molecule has 0 amide bonds. The second-order valence-corrected chi connectivity index (χ2v) is 7.10. The minimum absolute atomic E-state index is 0. The molecular weight excluding hydrogens is 362 g/mol. The fraction of sp³-hybridized carbons (Fsp3) is 0.429. The quantitative estimate of drug-likeness (QED) is 0.703. The van der Waals surface area contributed by atoms with Crippen LogP contribution in [-0.2, 0) is 11.3 Å². The van der Waals surface area contributed by atoms with Crippen molar-refractivity contribution in [2.75, 3.05) is 25.0 Å². The number of likely N-dealkylation sites (tertiary alicyclic amines) is 1. The van der Waals surface area contributed by atoms with Crippen molar-refractivity contribution in [1.82, 2.24) is 9.88 Å². The number of ether oxygens (including phenoxy) is 1. The molecule has 0 N–H and O–H groups in total. The highest BCUT2D eigenvalue weighted by molar-refractivity contribution is 5.94. The zero-order valence-electron chi connectivity index (χ0n) is 16.2. The fourth-order valence-corrected chi connectivity index (χ4v) is 3.40. The summed E-state index contributed by atoms with van der Waals surface area (Å²) in [7, 11) is 2.02. The molecule has 1 aromatic heterocycles. The molecule has 0 saturated carbocycles. The molecular formula is C21H28ClN3O2. The van der Waals surface area contributed by atoms with Gasteiger partial charge < -0.3 is 9.64 Å². The number of hydrogen-bond acceptors (Lipinski definition) is 5. The summed E-state index contributed by atoms with van der Waals surface area (Å²) in [6.07, 6.45) is 2.64. The number of anilines is 1. The number of nitrogens with zero attached hydrogens (tertiary/aromatic N) is 3. The van der Waals surface area contributed by atoms with Gasteiger partial charge in [-0.1, -0.05) is 30.3 Å². The molecule has 146 valence electrons. The minimum atomic E-state index is -0.311. The third-order valence-electron chi connectivity index (χ3n) is 4.73. The summed E-state index contributed by atoms with van der Waals surface area (Å²) in [5, 5.41) is 0. The number of halogens is 1. The van der Waals surface area contributed by atoms with Crippen LogP contribution in [0.3, 0.4) is 0 Å².